The number of nitrogens with one attached hydrogen (secondary N) is 2. The van der Waals surface area contributed by atoms with Crippen LogP contribution < -0.4 is 10.6 Å². The summed E-state index contributed by atoms with van der Waals surface area (Å²) in [5, 5.41) is 10.9. The summed E-state index contributed by atoms with van der Waals surface area (Å²) in [5.74, 6) is 1.40. The molecule has 1 aliphatic carbocycles. The quantitative estimate of drug-likeness (QED) is 0.636. The van der Waals surface area contributed by atoms with E-state index in [2.05, 4.69) is 20.7 Å². The van der Waals surface area contributed by atoms with Crippen LogP contribution in [0.5, 0.6) is 0 Å². The number of hydrogen-bond acceptors (Lipinski definition) is 3. The molecule has 0 aromatic carbocycles. The fourth-order valence-corrected chi connectivity index (χ4v) is 3.82. The van der Waals surface area contributed by atoms with Crippen molar-refractivity contribution in [2.75, 3.05) is 20.1 Å². The molecule has 2 aliphatic rings. The molecule has 0 spiro atoms. The van der Waals surface area contributed by atoms with Gasteiger partial charge in [-0.2, -0.15) is 5.10 Å². The lowest BCUT2D eigenvalue weighted by Gasteiger charge is -2.26. The number of hydrogen-bond donors (Lipinski definition) is 2. The normalized spacial score (nSPS) is 22.2. The molecule has 7 nitrogen and oxygen atoms in total. The zero-order valence-corrected chi connectivity index (χ0v) is 15.4. The Hall–Kier alpha value is -2.05. The SMILES string of the molecule is CN=C(NCc1ccnn1C)NC1CCN(C(=O)C2CCCCC2)C1. The van der Waals surface area contributed by atoms with Gasteiger partial charge in [0.25, 0.3) is 0 Å². The molecule has 0 radical (unpaired) electrons. The average Bonchev–Trinajstić information content (AvgIpc) is 3.27. The van der Waals surface area contributed by atoms with Gasteiger partial charge in [0.1, 0.15) is 0 Å². The third-order valence-electron chi connectivity index (χ3n) is 5.38. The number of carbonyl (C=O) groups is 1. The molecule has 138 valence electrons. The Bertz CT molecular complexity index is 604. The molecule has 1 aliphatic heterocycles. The Morgan fingerprint density at radius 3 is 2.80 bits per heavy atom. The summed E-state index contributed by atoms with van der Waals surface area (Å²) in [6, 6.07) is 2.26. The minimum Gasteiger partial charge on any atom is -0.352 e. The predicted molar refractivity (Wildman–Crippen MR) is 98.1 cm³/mol. The van der Waals surface area contributed by atoms with Crippen molar-refractivity contribution in [2.45, 2.75) is 51.1 Å². The fraction of sp³-hybridized carbons (Fsp3) is 0.722. The molecule has 0 bridgehead atoms. The van der Waals surface area contributed by atoms with Crippen LogP contribution in [0.1, 0.15) is 44.2 Å². The number of likely N-dealkylation sites (tertiary alicyclic amines) is 1. The number of nitrogens with zero attached hydrogens (tertiary/aromatic N) is 4. The van der Waals surface area contributed by atoms with Gasteiger partial charge in [0, 0.05) is 45.3 Å². The Morgan fingerprint density at radius 2 is 2.12 bits per heavy atom. The number of aryl methyl sites for hydroxylation is 1. The summed E-state index contributed by atoms with van der Waals surface area (Å²) in [6.07, 6.45) is 8.60. The Morgan fingerprint density at radius 1 is 1.32 bits per heavy atom. The maximum Gasteiger partial charge on any atom is 0.225 e. The molecule has 1 saturated heterocycles. The molecule has 25 heavy (non-hydrogen) atoms. The summed E-state index contributed by atoms with van der Waals surface area (Å²) >= 11 is 0. The van der Waals surface area contributed by atoms with Gasteiger partial charge >= 0.3 is 0 Å². The first-order valence-electron chi connectivity index (χ1n) is 9.40. The van der Waals surface area contributed by atoms with E-state index in [0.29, 0.717) is 12.5 Å². The largest absolute Gasteiger partial charge is 0.352 e. The lowest BCUT2D eigenvalue weighted by Crippen LogP contribution is -2.45. The third kappa shape index (κ3) is 4.52. The van der Waals surface area contributed by atoms with Crippen molar-refractivity contribution in [1.29, 1.82) is 0 Å². The van der Waals surface area contributed by atoms with E-state index in [-0.39, 0.29) is 12.0 Å². The number of amides is 1. The second-order valence-electron chi connectivity index (χ2n) is 7.12. The van der Waals surface area contributed by atoms with Gasteiger partial charge in [0.15, 0.2) is 5.96 Å². The van der Waals surface area contributed by atoms with Crippen LogP contribution in [0, 0.1) is 5.92 Å². The molecule has 1 aromatic heterocycles. The Kier molecular flexibility index (Phi) is 5.94. The zero-order valence-electron chi connectivity index (χ0n) is 15.4. The van der Waals surface area contributed by atoms with Crippen LogP contribution >= 0.6 is 0 Å². The minimum atomic E-state index is 0.259. The van der Waals surface area contributed by atoms with Gasteiger partial charge in [-0.1, -0.05) is 19.3 Å². The maximum absolute atomic E-state index is 12.7. The van der Waals surface area contributed by atoms with Crippen LogP contribution in [0.4, 0.5) is 0 Å². The first kappa shape index (κ1) is 17.8. The van der Waals surface area contributed by atoms with Gasteiger partial charge in [0.05, 0.1) is 12.2 Å². The summed E-state index contributed by atoms with van der Waals surface area (Å²) in [4.78, 5) is 19.0. The van der Waals surface area contributed by atoms with Crippen molar-refractivity contribution in [3.05, 3.63) is 18.0 Å². The van der Waals surface area contributed by atoms with Crippen molar-refractivity contribution in [3.63, 3.8) is 0 Å². The number of rotatable bonds is 4. The second kappa shape index (κ2) is 8.36. The van der Waals surface area contributed by atoms with Crippen molar-refractivity contribution < 1.29 is 4.79 Å². The standard InChI is InChI=1S/C18H30N6O/c1-19-18(20-12-16-8-10-21-23(16)2)22-15-9-11-24(13-15)17(25)14-6-4-3-5-7-14/h8,10,14-15H,3-7,9,11-13H2,1-2H3,(H2,19,20,22). The fourth-order valence-electron chi connectivity index (χ4n) is 3.82. The lowest BCUT2D eigenvalue weighted by atomic mass is 9.88. The smallest absolute Gasteiger partial charge is 0.225 e. The Balaban J connectivity index is 1.46. The highest BCUT2D eigenvalue weighted by Gasteiger charge is 2.31. The Labute approximate surface area is 149 Å². The second-order valence-corrected chi connectivity index (χ2v) is 7.12. The van der Waals surface area contributed by atoms with Crippen molar-refractivity contribution in [1.82, 2.24) is 25.3 Å². The number of aliphatic imine (C=N–C) groups is 1. The van der Waals surface area contributed by atoms with Gasteiger partial charge in [-0.25, -0.2) is 0 Å². The molecule has 3 rings (SSSR count). The van der Waals surface area contributed by atoms with Gasteiger partial charge in [0.2, 0.25) is 5.91 Å². The topological polar surface area (TPSA) is 74.6 Å². The van der Waals surface area contributed by atoms with E-state index in [0.717, 1.165) is 44.0 Å². The molecular weight excluding hydrogens is 316 g/mol. The minimum absolute atomic E-state index is 0.259. The van der Waals surface area contributed by atoms with Crippen LogP contribution in [0.2, 0.25) is 0 Å². The monoisotopic (exact) mass is 346 g/mol. The molecule has 7 heteroatoms. The molecule has 2 heterocycles. The van der Waals surface area contributed by atoms with E-state index < -0.39 is 0 Å². The van der Waals surface area contributed by atoms with Crippen molar-refractivity contribution in [3.8, 4) is 0 Å². The maximum atomic E-state index is 12.7. The highest BCUT2D eigenvalue weighted by Crippen LogP contribution is 2.26. The van der Waals surface area contributed by atoms with Crippen molar-refractivity contribution >= 4 is 11.9 Å². The van der Waals surface area contributed by atoms with E-state index in [4.69, 9.17) is 0 Å². The van der Waals surface area contributed by atoms with E-state index >= 15 is 0 Å². The van der Waals surface area contributed by atoms with Gasteiger partial charge in [-0.3, -0.25) is 14.5 Å². The third-order valence-corrected chi connectivity index (χ3v) is 5.38. The van der Waals surface area contributed by atoms with Gasteiger partial charge < -0.3 is 15.5 Å². The molecular formula is C18H30N6O. The average molecular weight is 346 g/mol. The first-order valence-corrected chi connectivity index (χ1v) is 9.40. The molecule has 1 unspecified atom stereocenters. The number of guanidine groups is 1. The first-order chi connectivity index (χ1) is 12.2. The lowest BCUT2D eigenvalue weighted by molar-refractivity contribution is -0.135. The molecule has 1 aromatic rings. The predicted octanol–water partition coefficient (Wildman–Crippen LogP) is 1.27. The summed E-state index contributed by atoms with van der Waals surface area (Å²) < 4.78 is 1.85. The van der Waals surface area contributed by atoms with E-state index in [9.17, 15) is 4.79 Å². The van der Waals surface area contributed by atoms with E-state index in [1.807, 2.05) is 22.7 Å². The van der Waals surface area contributed by atoms with Crippen LogP contribution in [0.15, 0.2) is 17.3 Å². The summed E-state index contributed by atoms with van der Waals surface area (Å²) in [5.41, 5.74) is 1.10. The zero-order chi connectivity index (χ0) is 17.6. The van der Waals surface area contributed by atoms with Gasteiger partial charge in [-0.15, -0.1) is 0 Å². The summed E-state index contributed by atoms with van der Waals surface area (Å²) in [6.45, 7) is 2.31. The molecule has 2 fully saturated rings. The van der Waals surface area contributed by atoms with Crippen LogP contribution in [-0.4, -0.2) is 52.7 Å². The highest BCUT2D eigenvalue weighted by molar-refractivity contribution is 5.81. The molecule has 1 saturated carbocycles. The van der Waals surface area contributed by atoms with E-state index in [1.165, 1.54) is 19.3 Å². The molecule has 2 N–H and O–H groups in total. The van der Waals surface area contributed by atoms with Crippen LogP contribution in [-0.2, 0) is 18.4 Å². The van der Waals surface area contributed by atoms with E-state index in [1.54, 1.807) is 13.2 Å². The number of carbonyl (C=O) groups excluding carboxylic acids is 1. The van der Waals surface area contributed by atoms with Crippen LogP contribution in [0.3, 0.4) is 0 Å². The van der Waals surface area contributed by atoms with Gasteiger partial charge in [-0.05, 0) is 25.3 Å². The van der Waals surface area contributed by atoms with Crippen molar-refractivity contribution in [2.24, 2.45) is 18.0 Å². The van der Waals surface area contributed by atoms with Crippen LogP contribution in [0.25, 0.3) is 0 Å². The molecule has 1 atom stereocenters. The number of aromatic nitrogens is 2. The summed E-state index contributed by atoms with van der Waals surface area (Å²) in [7, 11) is 3.71. The highest BCUT2D eigenvalue weighted by atomic mass is 16.2. The molecule has 1 amide bonds.